The lowest BCUT2D eigenvalue weighted by Crippen LogP contribution is -2.20. The number of halogens is 2. The maximum atomic E-state index is 13.4. The smallest absolute Gasteiger partial charge is 0.282 e. The number of phenolic OH excluding ortho intramolecular Hbond substituents is 1. The monoisotopic (exact) mass is 567 g/mol. The third kappa shape index (κ3) is 3.94. The number of hydrogen-bond donors (Lipinski definition) is 1. The van der Waals surface area contributed by atoms with Gasteiger partial charge in [0.1, 0.15) is 5.58 Å². The fourth-order valence-electron chi connectivity index (χ4n) is 3.46. The highest BCUT2D eigenvalue weighted by molar-refractivity contribution is 9.10. The van der Waals surface area contributed by atoms with E-state index in [0.29, 0.717) is 32.3 Å². The van der Waals surface area contributed by atoms with Crippen molar-refractivity contribution >= 4 is 59.9 Å². The van der Waals surface area contributed by atoms with Crippen LogP contribution in [0.2, 0.25) is 0 Å². The van der Waals surface area contributed by atoms with E-state index in [2.05, 4.69) is 41.9 Å². The largest absolute Gasteiger partial charge is 0.504 e. The summed E-state index contributed by atoms with van der Waals surface area (Å²) in [5, 5.41) is 15.7. The van der Waals surface area contributed by atoms with Gasteiger partial charge in [0.2, 0.25) is 5.82 Å². The Morgan fingerprint density at radius 2 is 1.94 bits per heavy atom. The van der Waals surface area contributed by atoms with E-state index < -0.39 is 0 Å². The van der Waals surface area contributed by atoms with Crippen LogP contribution in [0.15, 0.2) is 83.9 Å². The summed E-state index contributed by atoms with van der Waals surface area (Å²) in [6.45, 7) is 0. The molecule has 9 heteroatoms. The highest BCUT2D eigenvalue weighted by atomic mass is 79.9. The van der Waals surface area contributed by atoms with E-state index >= 15 is 0 Å². The molecule has 0 fully saturated rings. The minimum Gasteiger partial charge on any atom is -0.504 e. The molecule has 0 spiro atoms. The van der Waals surface area contributed by atoms with Crippen LogP contribution in [0.25, 0.3) is 33.5 Å². The molecule has 164 valence electrons. The number of nitrogens with zero attached hydrogens (tertiary/aromatic N) is 3. The van der Waals surface area contributed by atoms with Crippen LogP contribution in [0.1, 0.15) is 5.56 Å². The second-order valence-electron chi connectivity index (χ2n) is 7.15. The molecule has 33 heavy (non-hydrogen) atoms. The van der Waals surface area contributed by atoms with Gasteiger partial charge in [-0.25, -0.2) is 4.98 Å². The molecule has 0 atom stereocenters. The first-order chi connectivity index (χ1) is 15.9. The maximum absolute atomic E-state index is 13.4. The average molecular weight is 569 g/mol. The predicted molar refractivity (Wildman–Crippen MR) is 134 cm³/mol. The Bertz CT molecular complexity index is 1620. The molecular formula is C24H15Br2N3O4. The van der Waals surface area contributed by atoms with Crippen LogP contribution in [-0.2, 0) is 0 Å². The van der Waals surface area contributed by atoms with Gasteiger partial charge in [-0.1, -0.05) is 28.1 Å². The predicted octanol–water partition coefficient (Wildman–Crippen LogP) is 5.93. The molecule has 7 nitrogen and oxygen atoms in total. The number of ether oxygens (including phenoxy) is 1. The number of methoxy groups -OCH3 is 1. The van der Waals surface area contributed by atoms with E-state index in [1.807, 2.05) is 30.3 Å². The van der Waals surface area contributed by atoms with E-state index in [1.54, 1.807) is 24.3 Å². The van der Waals surface area contributed by atoms with Crippen LogP contribution in [0.5, 0.6) is 11.5 Å². The summed E-state index contributed by atoms with van der Waals surface area (Å²) in [6, 6.07) is 17.7. The van der Waals surface area contributed by atoms with Gasteiger partial charge in [-0.15, -0.1) is 0 Å². The third-order valence-electron chi connectivity index (χ3n) is 5.06. The van der Waals surface area contributed by atoms with Gasteiger partial charge in [0.15, 0.2) is 17.3 Å². The van der Waals surface area contributed by atoms with Crippen molar-refractivity contribution in [2.75, 3.05) is 7.11 Å². The van der Waals surface area contributed by atoms with E-state index in [-0.39, 0.29) is 22.9 Å². The van der Waals surface area contributed by atoms with Gasteiger partial charge in [-0.05, 0) is 64.5 Å². The van der Waals surface area contributed by atoms with E-state index in [9.17, 15) is 9.90 Å². The number of rotatable bonds is 4. The first-order valence-electron chi connectivity index (χ1n) is 9.77. The van der Waals surface area contributed by atoms with E-state index in [4.69, 9.17) is 9.15 Å². The van der Waals surface area contributed by atoms with Gasteiger partial charge in [-0.2, -0.15) is 9.78 Å². The second kappa shape index (κ2) is 8.49. The molecule has 2 aromatic heterocycles. The quantitative estimate of drug-likeness (QED) is 0.271. The maximum Gasteiger partial charge on any atom is 0.282 e. The number of aromatic nitrogens is 2. The van der Waals surface area contributed by atoms with Crippen LogP contribution >= 0.6 is 31.9 Å². The molecule has 0 aliphatic heterocycles. The van der Waals surface area contributed by atoms with Crippen molar-refractivity contribution in [2.45, 2.75) is 0 Å². The summed E-state index contributed by atoms with van der Waals surface area (Å²) in [6.07, 6.45) is 1.49. The van der Waals surface area contributed by atoms with Crippen molar-refractivity contribution in [1.82, 2.24) is 9.66 Å². The lowest BCUT2D eigenvalue weighted by atomic mass is 10.2. The number of fused-ring (bicyclic) bond motifs is 2. The second-order valence-corrected chi connectivity index (χ2v) is 8.92. The van der Waals surface area contributed by atoms with Gasteiger partial charge in [0, 0.05) is 19.9 Å². The highest BCUT2D eigenvalue weighted by Crippen LogP contribution is 2.32. The summed E-state index contributed by atoms with van der Waals surface area (Å²) < 4.78 is 13.9. The van der Waals surface area contributed by atoms with E-state index in [0.717, 1.165) is 9.86 Å². The number of benzene rings is 3. The zero-order valence-electron chi connectivity index (χ0n) is 17.1. The molecular weight excluding hydrogens is 554 g/mol. The summed E-state index contributed by atoms with van der Waals surface area (Å²) in [4.78, 5) is 18.0. The minimum absolute atomic E-state index is 0.0137. The van der Waals surface area contributed by atoms with Gasteiger partial charge in [0.25, 0.3) is 5.56 Å². The Hall–Kier alpha value is -3.43. The van der Waals surface area contributed by atoms with Gasteiger partial charge >= 0.3 is 0 Å². The molecule has 5 rings (SSSR count). The molecule has 2 heterocycles. The normalized spacial score (nSPS) is 11.6. The Morgan fingerprint density at radius 3 is 2.76 bits per heavy atom. The zero-order valence-corrected chi connectivity index (χ0v) is 20.3. The Morgan fingerprint density at radius 1 is 1.12 bits per heavy atom. The molecule has 0 saturated heterocycles. The van der Waals surface area contributed by atoms with Crippen LogP contribution < -0.4 is 10.3 Å². The first-order valence-corrected chi connectivity index (χ1v) is 11.4. The van der Waals surface area contributed by atoms with Crippen LogP contribution in [0.4, 0.5) is 0 Å². The molecule has 0 saturated carbocycles. The lowest BCUT2D eigenvalue weighted by Gasteiger charge is -2.08. The first kappa shape index (κ1) is 21.4. The van der Waals surface area contributed by atoms with Crippen LogP contribution in [0, 0.1) is 0 Å². The summed E-state index contributed by atoms with van der Waals surface area (Å²) >= 11 is 6.87. The topological polar surface area (TPSA) is 89.9 Å². The minimum atomic E-state index is -0.338. The van der Waals surface area contributed by atoms with Gasteiger partial charge < -0.3 is 14.3 Å². The summed E-state index contributed by atoms with van der Waals surface area (Å²) in [5.74, 6) is 0.946. The van der Waals surface area contributed by atoms with Crippen molar-refractivity contribution in [1.29, 1.82) is 0 Å². The third-order valence-corrected chi connectivity index (χ3v) is 6.24. The molecule has 0 bridgehead atoms. The number of phenols is 1. The molecule has 5 aromatic rings. The zero-order chi connectivity index (χ0) is 23.1. The standard InChI is InChI=1S/C24H15Br2N3O4/c1-32-21-10-14(17(26)11-19(21)30)12-27-29-23(28-18-5-3-2-4-16(18)24(29)31)22-9-13-8-15(25)6-7-20(13)33-22/h2-12,30H,1H3. The average Bonchev–Trinajstić information content (AvgIpc) is 3.22. The van der Waals surface area contributed by atoms with Gasteiger partial charge in [0.05, 0.1) is 24.2 Å². The van der Waals surface area contributed by atoms with Crippen LogP contribution in [-0.4, -0.2) is 28.1 Å². The number of hydrogen-bond acceptors (Lipinski definition) is 6. The molecule has 0 radical (unpaired) electrons. The SMILES string of the molecule is COc1cc(C=Nn2c(-c3cc4cc(Br)ccc4o3)nc3ccccc3c2=O)c(Br)cc1O. The summed E-state index contributed by atoms with van der Waals surface area (Å²) in [5.41, 5.74) is 1.47. The number of para-hydroxylation sites is 1. The Balaban J connectivity index is 1.73. The van der Waals surface area contributed by atoms with Crippen molar-refractivity contribution in [2.24, 2.45) is 5.10 Å². The van der Waals surface area contributed by atoms with Gasteiger partial charge in [-0.3, -0.25) is 4.79 Å². The molecule has 0 aliphatic rings. The van der Waals surface area contributed by atoms with Crippen molar-refractivity contribution in [3.8, 4) is 23.1 Å². The molecule has 3 aromatic carbocycles. The van der Waals surface area contributed by atoms with Crippen molar-refractivity contribution in [3.63, 3.8) is 0 Å². The number of furan rings is 1. The van der Waals surface area contributed by atoms with Crippen LogP contribution in [0.3, 0.4) is 0 Å². The Kier molecular flexibility index (Phi) is 5.51. The highest BCUT2D eigenvalue weighted by Gasteiger charge is 2.17. The Labute approximate surface area is 204 Å². The molecule has 0 aliphatic carbocycles. The molecule has 1 N–H and O–H groups in total. The lowest BCUT2D eigenvalue weighted by molar-refractivity contribution is 0.373. The fourth-order valence-corrected chi connectivity index (χ4v) is 4.27. The fraction of sp³-hybridized carbons (Fsp3) is 0.0417. The van der Waals surface area contributed by atoms with Crippen molar-refractivity contribution in [3.05, 3.63) is 85.5 Å². The van der Waals surface area contributed by atoms with E-state index in [1.165, 1.54) is 24.1 Å². The summed E-state index contributed by atoms with van der Waals surface area (Å²) in [7, 11) is 1.46. The van der Waals surface area contributed by atoms with Crippen molar-refractivity contribution < 1.29 is 14.3 Å². The molecule has 0 amide bonds. The molecule has 0 unspecified atom stereocenters. The number of aromatic hydroxyl groups is 1.